The third-order valence-electron chi connectivity index (χ3n) is 3.05. The van der Waals surface area contributed by atoms with Crippen LogP contribution in [0.1, 0.15) is 28.3 Å². The maximum atomic E-state index is 13.8. The number of benzene rings is 2. The molecule has 0 saturated carbocycles. The molecule has 2 aromatic rings. The smallest absolute Gasteiger partial charge is 0.128 e. The van der Waals surface area contributed by atoms with Gasteiger partial charge in [-0.15, -0.1) is 0 Å². The van der Waals surface area contributed by atoms with E-state index >= 15 is 0 Å². The summed E-state index contributed by atoms with van der Waals surface area (Å²) in [5.74, 6) is -0.682. The van der Waals surface area contributed by atoms with Gasteiger partial charge in [0.25, 0.3) is 0 Å². The molecule has 0 heterocycles. The van der Waals surface area contributed by atoms with Gasteiger partial charge in [-0.25, -0.2) is 8.78 Å². The lowest BCUT2D eigenvalue weighted by Crippen LogP contribution is -2.14. The second-order valence-corrected chi connectivity index (χ2v) is 4.51. The Labute approximate surface area is 105 Å². The zero-order valence-electron chi connectivity index (χ0n) is 10.4. The third-order valence-corrected chi connectivity index (χ3v) is 3.05. The average Bonchev–Trinajstić information content (AvgIpc) is 2.32. The van der Waals surface area contributed by atoms with Crippen LogP contribution < -0.4 is 5.73 Å². The maximum absolute atomic E-state index is 13.8. The molecule has 0 aliphatic rings. The van der Waals surface area contributed by atoms with Crippen LogP contribution in [0.5, 0.6) is 0 Å². The Morgan fingerprint density at radius 1 is 0.944 bits per heavy atom. The van der Waals surface area contributed by atoms with Crippen LogP contribution in [0.15, 0.2) is 36.4 Å². The van der Waals surface area contributed by atoms with Crippen molar-refractivity contribution >= 4 is 0 Å². The highest BCUT2D eigenvalue weighted by molar-refractivity contribution is 5.35. The van der Waals surface area contributed by atoms with Gasteiger partial charge in [0.05, 0.1) is 6.04 Å². The monoisotopic (exact) mass is 247 g/mol. The maximum Gasteiger partial charge on any atom is 0.128 e. The van der Waals surface area contributed by atoms with E-state index in [2.05, 4.69) is 0 Å². The minimum Gasteiger partial charge on any atom is -0.320 e. The lowest BCUT2D eigenvalue weighted by molar-refractivity contribution is 0.593. The van der Waals surface area contributed by atoms with E-state index < -0.39 is 6.04 Å². The van der Waals surface area contributed by atoms with E-state index in [9.17, 15) is 8.78 Å². The number of hydrogen-bond donors (Lipinski definition) is 1. The summed E-state index contributed by atoms with van der Waals surface area (Å²) < 4.78 is 27.3. The van der Waals surface area contributed by atoms with Crippen molar-refractivity contribution in [1.82, 2.24) is 0 Å². The lowest BCUT2D eigenvalue weighted by Gasteiger charge is -2.14. The van der Waals surface area contributed by atoms with Crippen molar-refractivity contribution in [3.63, 3.8) is 0 Å². The molecule has 0 aliphatic carbocycles. The molecule has 0 amide bonds. The van der Waals surface area contributed by atoms with Crippen molar-refractivity contribution in [2.75, 3.05) is 0 Å². The summed E-state index contributed by atoms with van der Waals surface area (Å²) in [6.07, 6.45) is 0. The van der Waals surface area contributed by atoms with Gasteiger partial charge < -0.3 is 5.73 Å². The Hall–Kier alpha value is -1.74. The van der Waals surface area contributed by atoms with Gasteiger partial charge in [-0.3, -0.25) is 0 Å². The van der Waals surface area contributed by atoms with E-state index in [0.717, 1.165) is 5.56 Å². The number of aryl methyl sites for hydroxylation is 2. The Bertz CT molecular complexity index is 579. The molecule has 1 nitrogen and oxygen atoms in total. The van der Waals surface area contributed by atoms with Crippen LogP contribution in [-0.2, 0) is 0 Å². The molecule has 94 valence electrons. The Balaban J connectivity index is 2.41. The van der Waals surface area contributed by atoms with E-state index in [1.165, 1.54) is 12.1 Å². The normalized spacial score (nSPS) is 12.5. The summed E-state index contributed by atoms with van der Waals surface area (Å²) in [7, 11) is 0. The molecule has 2 aromatic carbocycles. The summed E-state index contributed by atoms with van der Waals surface area (Å²) in [4.78, 5) is 0. The molecule has 18 heavy (non-hydrogen) atoms. The molecule has 0 aliphatic heterocycles. The van der Waals surface area contributed by atoms with Gasteiger partial charge in [-0.1, -0.05) is 24.3 Å². The van der Waals surface area contributed by atoms with Crippen molar-refractivity contribution in [3.8, 4) is 0 Å². The molecule has 0 bridgehead atoms. The van der Waals surface area contributed by atoms with Crippen LogP contribution in [0.2, 0.25) is 0 Å². The molecule has 0 spiro atoms. The van der Waals surface area contributed by atoms with Crippen molar-refractivity contribution in [2.45, 2.75) is 19.9 Å². The summed E-state index contributed by atoms with van der Waals surface area (Å²) >= 11 is 0. The fraction of sp³-hybridized carbons (Fsp3) is 0.200. The lowest BCUT2D eigenvalue weighted by atomic mass is 9.97. The Morgan fingerprint density at radius 3 is 2.28 bits per heavy atom. The summed E-state index contributed by atoms with van der Waals surface area (Å²) in [5.41, 5.74) is 8.31. The van der Waals surface area contributed by atoms with Crippen LogP contribution in [0.4, 0.5) is 8.78 Å². The van der Waals surface area contributed by atoms with Gasteiger partial charge in [0, 0.05) is 5.56 Å². The van der Waals surface area contributed by atoms with E-state index in [0.29, 0.717) is 16.7 Å². The molecule has 1 atom stereocenters. The number of halogens is 2. The van der Waals surface area contributed by atoms with Crippen molar-refractivity contribution in [3.05, 3.63) is 70.3 Å². The summed E-state index contributed by atoms with van der Waals surface area (Å²) in [6, 6.07) is 8.95. The molecule has 1 unspecified atom stereocenters. The Kier molecular flexibility index (Phi) is 3.43. The summed E-state index contributed by atoms with van der Waals surface area (Å²) in [5, 5.41) is 0. The van der Waals surface area contributed by atoms with Crippen molar-refractivity contribution < 1.29 is 8.78 Å². The van der Waals surface area contributed by atoms with Gasteiger partial charge in [0.1, 0.15) is 11.6 Å². The van der Waals surface area contributed by atoms with E-state index in [1.807, 2.05) is 6.92 Å². The molecule has 0 saturated heterocycles. The molecule has 2 N–H and O–H groups in total. The average molecular weight is 247 g/mol. The first-order valence-electron chi connectivity index (χ1n) is 5.76. The number of hydrogen-bond acceptors (Lipinski definition) is 1. The summed E-state index contributed by atoms with van der Waals surface area (Å²) in [6.45, 7) is 3.49. The standard InChI is InChI=1S/C15H15F2N/c1-9-3-6-12(14(17)7-9)15(18)11-5-4-10(2)13(16)8-11/h3-8,15H,18H2,1-2H3. The first-order chi connectivity index (χ1) is 8.49. The van der Waals surface area contributed by atoms with Crippen LogP contribution >= 0.6 is 0 Å². The minimum absolute atomic E-state index is 0.324. The molecule has 0 radical (unpaired) electrons. The number of nitrogens with two attached hydrogens (primary N) is 1. The molecular formula is C15H15F2N. The highest BCUT2D eigenvalue weighted by Crippen LogP contribution is 2.24. The predicted octanol–water partition coefficient (Wildman–Crippen LogP) is 3.63. The molecule has 0 aromatic heterocycles. The number of rotatable bonds is 2. The van der Waals surface area contributed by atoms with Crippen LogP contribution in [0.25, 0.3) is 0 Å². The van der Waals surface area contributed by atoms with Gasteiger partial charge in [0.2, 0.25) is 0 Å². The first kappa shape index (κ1) is 12.7. The quantitative estimate of drug-likeness (QED) is 0.861. The molecular weight excluding hydrogens is 232 g/mol. The molecule has 0 fully saturated rings. The molecule has 2 rings (SSSR count). The second-order valence-electron chi connectivity index (χ2n) is 4.51. The van der Waals surface area contributed by atoms with Crippen LogP contribution in [0.3, 0.4) is 0 Å². The predicted molar refractivity (Wildman–Crippen MR) is 68.3 cm³/mol. The van der Waals surface area contributed by atoms with E-state index in [1.54, 1.807) is 31.2 Å². The minimum atomic E-state index is -0.652. The molecule has 3 heteroatoms. The fourth-order valence-electron chi connectivity index (χ4n) is 1.87. The second kappa shape index (κ2) is 4.86. The van der Waals surface area contributed by atoms with Crippen LogP contribution in [-0.4, -0.2) is 0 Å². The SMILES string of the molecule is Cc1ccc(C(N)c2ccc(C)c(F)c2)c(F)c1. The first-order valence-corrected chi connectivity index (χ1v) is 5.76. The highest BCUT2D eigenvalue weighted by atomic mass is 19.1. The van der Waals surface area contributed by atoms with Gasteiger partial charge in [-0.05, 0) is 42.7 Å². The fourth-order valence-corrected chi connectivity index (χ4v) is 1.87. The van der Waals surface area contributed by atoms with Gasteiger partial charge in [-0.2, -0.15) is 0 Å². The highest BCUT2D eigenvalue weighted by Gasteiger charge is 2.14. The van der Waals surface area contributed by atoms with E-state index in [4.69, 9.17) is 5.73 Å². The third kappa shape index (κ3) is 2.41. The zero-order chi connectivity index (χ0) is 13.3. The van der Waals surface area contributed by atoms with Crippen molar-refractivity contribution in [2.24, 2.45) is 5.73 Å². The van der Waals surface area contributed by atoms with Gasteiger partial charge in [0.15, 0.2) is 0 Å². The topological polar surface area (TPSA) is 26.0 Å². The van der Waals surface area contributed by atoms with Gasteiger partial charge >= 0.3 is 0 Å². The zero-order valence-corrected chi connectivity index (χ0v) is 10.4. The van der Waals surface area contributed by atoms with E-state index in [-0.39, 0.29) is 11.6 Å². The largest absolute Gasteiger partial charge is 0.320 e. The van der Waals surface area contributed by atoms with Crippen LogP contribution in [0, 0.1) is 25.5 Å². The Morgan fingerprint density at radius 2 is 1.67 bits per heavy atom. The van der Waals surface area contributed by atoms with Crippen molar-refractivity contribution in [1.29, 1.82) is 0 Å².